The average Bonchev–Trinajstić information content (AvgIpc) is 2.36. The van der Waals surface area contributed by atoms with Crippen LogP contribution in [0.5, 0.6) is 0 Å². The SMILES string of the molecule is CC1CCCN(CC2(CN)CCCOC2)C1C. The van der Waals surface area contributed by atoms with E-state index in [1.807, 2.05) is 0 Å². The molecule has 2 saturated heterocycles. The van der Waals surface area contributed by atoms with Gasteiger partial charge in [0.05, 0.1) is 6.61 Å². The maximum atomic E-state index is 6.03. The lowest BCUT2D eigenvalue weighted by Crippen LogP contribution is -2.52. The van der Waals surface area contributed by atoms with Gasteiger partial charge in [-0.15, -0.1) is 0 Å². The van der Waals surface area contributed by atoms with Gasteiger partial charge in [0, 0.05) is 31.2 Å². The Labute approximate surface area is 106 Å². The van der Waals surface area contributed by atoms with Crippen molar-refractivity contribution in [1.82, 2.24) is 4.90 Å². The molecule has 2 aliphatic heterocycles. The molecule has 0 aromatic rings. The summed E-state index contributed by atoms with van der Waals surface area (Å²) in [5.41, 5.74) is 6.25. The molecule has 2 rings (SSSR count). The third-order valence-electron chi connectivity index (χ3n) is 4.88. The second-order valence-electron chi connectivity index (χ2n) is 6.19. The molecule has 0 spiro atoms. The Morgan fingerprint density at radius 2 is 2.18 bits per heavy atom. The Morgan fingerprint density at radius 3 is 2.82 bits per heavy atom. The van der Waals surface area contributed by atoms with Gasteiger partial charge >= 0.3 is 0 Å². The molecule has 0 bridgehead atoms. The average molecular weight is 240 g/mol. The summed E-state index contributed by atoms with van der Waals surface area (Å²) < 4.78 is 5.67. The van der Waals surface area contributed by atoms with Crippen LogP contribution in [0.1, 0.15) is 39.5 Å². The zero-order valence-corrected chi connectivity index (χ0v) is 11.5. The minimum absolute atomic E-state index is 0.226. The fourth-order valence-electron chi connectivity index (χ4n) is 3.34. The lowest BCUT2D eigenvalue weighted by Gasteiger charge is -2.45. The molecule has 3 nitrogen and oxygen atoms in total. The molecule has 0 radical (unpaired) electrons. The summed E-state index contributed by atoms with van der Waals surface area (Å²) in [7, 11) is 0. The van der Waals surface area contributed by atoms with Gasteiger partial charge in [-0.25, -0.2) is 0 Å². The summed E-state index contributed by atoms with van der Waals surface area (Å²) in [5.74, 6) is 0.822. The first kappa shape index (κ1) is 13.3. The summed E-state index contributed by atoms with van der Waals surface area (Å²) in [5, 5.41) is 0. The van der Waals surface area contributed by atoms with Gasteiger partial charge in [0.15, 0.2) is 0 Å². The van der Waals surface area contributed by atoms with Gasteiger partial charge in [0.1, 0.15) is 0 Å². The third-order valence-corrected chi connectivity index (χ3v) is 4.88. The fourth-order valence-corrected chi connectivity index (χ4v) is 3.34. The van der Waals surface area contributed by atoms with E-state index >= 15 is 0 Å². The molecule has 17 heavy (non-hydrogen) atoms. The molecule has 2 aliphatic rings. The van der Waals surface area contributed by atoms with Crippen molar-refractivity contribution >= 4 is 0 Å². The van der Waals surface area contributed by atoms with E-state index in [0.29, 0.717) is 6.04 Å². The van der Waals surface area contributed by atoms with Crippen molar-refractivity contribution in [2.24, 2.45) is 17.1 Å². The van der Waals surface area contributed by atoms with E-state index in [2.05, 4.69) is 18.7 Å². The molecule has 2 N–H and O–H groups in total. The van der Waals surface area contributed by atoms with Gasteiger partial charge in [-0.3, -0.25) is 4.90 Å². The molecule has 100 valence electrons. The van der Waals surface area contributed by atoms with Crippen molar-refractivity contribution in [2.75, 3.05) is 32.8 Å². The predicted octanol–water partition coefficient (Wildman–Crippen LogP) is 1.86. The molecule has 3 unspecified atom stereocenters. The quantitative estimate of drug-likeness (QED) is 0.818. The minimum atomic E-state index is 0.226. The number of ether oxygens (including phenoxy) is 1. The molecule has 2 fully saturated rings. The zero-order valence-electron chi connectivity index (χ0n) is 11.5. The van der Waals surface area contributed by atoms with E-state index in [1.165, 1.54) is 32.2 Å². The van der Waals surface area contributed by atoms with Gasteiger partial charge in [-0.1, -0.05) is 6.92 Å². The standard InChI is InChI=1S/C14H28N2O/c1-12-5-3-7-16(13(12)2)10-14(9-15)6-4-8-17-11-14/h12-13H,3-11,15H2,1-2H3. The highest BCUT2D eigenvalue weighted by molar-refractivity contribution is 4.89. The van der Waals surface area contributed by atoms with Crippen molar-refractivity contribution in [3.63, 3.8) is 0 Å². The van der Waals surface area contributed by atoms with E-state index in [-0.39, 0.29) is 5.41 Å². The Balaban J connectivity index is 1.97. The highest BCUT2D eigenvalue weighted by atomic mass is 16.5. The highest BCUT2D eigenvalue weighted by Gasteiger charge is 2.36. The lowest BCUT2D eigenvalue weighted by molar-refractivity contribution is -0.0373. The third kappa shape index (κ3) is 3.01. The van der Waals surface area contributed by atoms with Crippen LogP contribution in [0.15, 0.2) is 0 Å². The van der Waals surface area contributed by atoms with Gasteiger partial charge in [0.25, 0.3) is 0 Å². The molecule has 3 atom stereocenters. The molecule has 3 heteroatoms. The van der Waals surface area contributed by atoms with Crippen LogP contribution in [0.25, 0.3) is 0 Å². The molecular formula is C14H28N2O. The van der Waals surface area contributed by atoms with Gasteiger partial charge in [-0.2, -0.15) is 0 Å². The maximum Gasteiger partial charge on any atom is 0.0546 e. The van der Waals surface area contributed by atoms with E-state index in [1.54, 1.807) is 0 Å². The van der Waals surface area contributed by atoms with Gasteiger partial charge in [0.2, 0.25) is 0 Å². The molecule has 2 heterocycles. The number of likely N-dealkylation sites (tertiary alicyclic amines) is 1. The normalized spacial score (nSPS) is 40.4. The molecule has 0 saturated carbocycles. The second kappa shape index (κ2) is 5.68. The van der Waals surface area contributed by atoms with Crippen LogP contribution in [0.4, 0.5) is 0 Å². The molecule has 0 aromatic carbocycles. The number of nitrogens with zero attached hydrogens (tertiary/aromatic N) is 1. The van der Waals surface area contributed by atoms with Crippen molar-refractivity contribution in [2.45, 2.75) is 45.6 Å². The maximum absolute atomic E-state index is 6.03. The Kier molecular flexibility index (Phi) is 4.45. The topological polar surface area (TPSA) is 38.5 Å². The van der Waals surface area contributed by atoms with Crippen molar-refractivity contribution < 1.29 is 4.74 Å². The summed E-state index contributed by atoms with van der Waals surface area (Å²) >= 11 is 0. The van der Waals surface area contributed by atoms with Crippen LogP contribution in [-0.2, 0) is 4.74 Å². The van der Waals surface area contributed by atoms with Gasteiger partial charge < -0.3 is 10.5 Å². The molecular weight excluding hydrogens is 212 g/mol. The summed E-state index contributed by atoms with van der Waals surface area (Å²) in [6.07, 6.45) is 5.13. The highest BCUT2D eigenvalue weighted by Crippen LogP contribution is 2.32. The first-order valence-corrected chi connectivity index (χ1v) is 7.19. The molecule has 0 amide bonds. The largest absolute Gasteiger partial charge is 0.381 e. The molecule has 0 aromatic heterocycles. The molecule has 0 aliphatic carbocycles. The lowest BCUT2D eigenvalue weighted by atomic mass is 9.80. The van der Waals surface area contributed by atoms with Crippen molar-refractivity contribution in [1.29, 1.82) is 0 Å². The zero-order chi connectivity index (χ0) is 12.3. The first-order valence-electron chi connectivity index (χ1n) is 7.19. The number of nitrogens with two attached hydrogens (primary N) is 1. The second-order valence-corrected chi connectivity index (χ2v) is 6.19. The number of rotatable bonds is 3. The van der Waals surface area contributed by atoms with E-state index in [9.17, 15) is 0 Å². The van der Waals surface area contributed by atoms with E-state index in [4.69, 9.17) is 10.5 Å². The van der Waals surface area contributed by atoms with Crippen LogP contribution in [0, 0.1) is 11.3 Å². The number of hydrogen-bond acceptors (Lipinski definition) is 3. The fraction of sp³-hybridized carbons (Fsp3) is 1.00. The Morgan fingerprint density at radius 1 is 1.35 bits per heavy atom. The van der Waals surface area contributed by atoms with Crippen LogP contribution in [-0.4, -0.2) is 43.8 Å². The Hall–Kier alpha value is -0.120. The summed E-state index contributed by atoms with van der Waals surface area (Å²) in [6.45, 7) is 9.68. The van der Waals surface area contributed by atoms with Crippen LogP contribution < -0.4 is 5.73 Å². The smallest absolute Gasteiger partial charge is 0.0546 e. The number of piperidine rings is 1. The summed E-state index contributed by atoms with van der Waals surface area (Å²) in [4.78, 5) is 2.65. The predicted molar refractivity (Wildman–Crippen MR) is 71.0 cm³/mol. The Bertz CT molecular complexity index is 238. The van der Waals surface area contributed by atoms with Crippen molar-refractivity contribution in [3.05, 3.63) is 0 Å². The summed E-state index contributed by atoms with van der Waals surface area (Å²) in [6, 6.07) is 0.703. The van der Waals surface area contributed by atoms with Crippen LogP contribution in [0.2, 0.25) is 0 Å². The monoisotopic (exact) mass is 240 g/mol. The first-order chi connectivity index (χ1) is 8.17. The van der Waals surface area contributed by atoms with E-state index in [0.717, 1.165) is 32.2 Å². The van der Waals surface area contributed by atoms with Crippen LogP contribution >= 0.6 is 0 Å². The van der Waals surface area contributed by atoms with E-state index < -0.39 is 0 Å². The minimum Gasteiger partial charge on any atom is -0.381 e. The van der Waals surface area contributed by atoms with Crippen molar-refractivity contribution in [3.8, 4) is 0 Å². The van der Waals surface area contributed by atoms with Crippen LogP contribution in [0.3, 0.4) is 0 Å². The van der Waals surface area contributed by atoms with Gasteiger partial charge in [-0.05, 0) is 45.1 Å². The number of hydrogen-bond donors (Lipinski definition) is 1.